The predicted molar refractivity (Wildman–Crippen MR) is 91.6 cm³/mol. The van der Waals surface area contributed by atoms with Crippen molar-refractivity contribution in [1.29, 1.82) is 0 Å². The highest BCUT2D eigenvalue weighted by Gasteiger charge is 2.38. The lowest BCUT2D eigenvalue weighted by atomic mass is 9.97. The highest BCUT2D eigenvalue weighted by Crippen LogP contribution is 2.27. The molecule has 0 saturated heterocycles. The van der Waals surface area contributed by atoms with Crippen molar-refractivity contribution >= 4 is 11.7 Å². The number of nitrogens with zero attached hydrogens (tertiary/aromatic N) is 2. The summed E-state index contributed by atoms with van der Waals surface area (Å²) in [7, 11) is 0. The van der Waals surface area contributed by atoms with Crippen LogP contribution in [0.5, 0.6) is 5.88 Å². The molecule has 0 unspecified atom stereocenters. The zero-order valence-corrected chi connectivity index (χ0v) is 14.7. The molecule has 0 aliphatic heterocycles. The molecule has 1 aromatic heterocycles. The minimum Gasteiger partial charge on any atom is -0.465 e. The van der Waals surface area contributed by atoms with Gasteiger partial charge in [0.2, 0.25) is 11.8 Å². The zero-order chi connectivity index (χ0) is 19.5. The Morgan fingerprint density at radius 3 is 2.35 bits per heavy atom. The van der Waals surface area contributed by atoms with E-state index in [1.54, 1.807) is 19.1 Å². The van der Waals surface area contributed by atoms with Gasteiger partial charge in [0.05, 0.1) is 5.69 Å². The molecule has 0 aliphatic rings. The Morgan fingerprint density at radius 1 is 1.19 bits per heavy atom. The van der Waals surface area contributed by atoms with Crippen LogP contribution in [0, 0.1) is 5.92 Å². The third-order valence-corrected chi connectivity index (χ3v) is 3.96. The number of hydrogen-bond donors (Lipinski definition) is 1. The fourth-order valence-electron chi connectivity index (χ4n) is 2.21. The van der Waals surface area contributed by atoms with E-state index in [0.717, 1.165) is 12.5 Å². The molecule has 5 nitrogen and oxygen atoms in total. The van der Waals surface area contributed by atoms with Crippen LogP contribution in [-0.4, -0.2) is 28.0 Å². The third-order valence-electron chi connectivity index (χ3n) is 3.96. The first kappa shape index (κ1) is 19.7. The summed E-state index contributed by atoms with van der Waals surface area (Å²) in [5.74, 6) is -0.398. The van der Waals surface area contributed by atoms with Gasteiger partial charge in [0, 0.05) is 17.5 Å². The van der Waals surface area contributed by atoms with E-state index in [9.17, 15) is 18.0 Å². The quantitative estimate of drug-likeness (QED) is 0.840. The van der Waals surface area contributed by atoms with Crippen molar-refractivity contribution in [3.63, 3.8) is 0 Å². The maximum Gasteiger partial charge on any atom is 0.425 e. The van der Waals surface area contributed by atoms with Gasteiger partial charge in [-0.1, -0.05) is 31.2 Å². The number of anilines is 1. The van der Waals surface area contributed by atoms with Gasteiger partial charge in [-0.2, -0.15) is 18.2 Å². The molecule has 2 atom stereocenters. The molecular weight excluding hydrogens is 347 g/mol. The molecule has 0 amide bonds. The van der Waals surface area contributed by atoms with Crippen molar-refractivity contribution in [2.45, 2.75) is 39.5 Å². The standard InChI is InChI=1S/C18H20F3N3O2/c1-10(11(2)25)8-13-4-6-14(7-5-13)15-9-16(24-17(22)23-15)26-12(3)18(19,20)21/h4-7,9-10,12H,8H2,1-3H3,(H2,22,23,24)/t10-,12+/m0/s1. The highest BCUT2D eigenvalue weighted by molar-refractivity contribution is 5.78. The van der Waals surface area contributed by atoms with Crippen LogP contribution in [0.15, 0.2) is 30.3 Å². The van der Waals surface area contributed by atoms with E-state index in [-0.39, 0.29) is 23.5 Å². The number of ether oxygens (including phenoxy) is 1. The maximum atomic E-state index is 12.6. The molecule has 0 bridgehead atoms. The normalized spacial score (nSPS) is 13.9. The molecular formula is C18H20F3N3O2. The molecule has 1 heterocycles. The number of halogens is 3. The Morgan fingerprint density at radius 2 is 1.81 bits per heavy atom. The van der Waals surface area contributed by atoms with Crippen LogP contribution in [0.25, 0.3) is 11.3 Å². The van der Waals surface area contributed by atoms with Gasteiger partial charge < -0.3 is 10.5 Å². The zero-order valence-electron chi connectivity index (χ0n) is 14.7. The lowest BCUT2D eigenvalue weighted by molar-refractivity contribution is -0.189. The van der Waals surface area contributed by atoms with E-state index in [2.05, 4.69) is 9.97 Å². The Bertz CT molecular complexity index is 776. The molecule has 26 heavy (non-hydrogen) atoms. The molecule has 0 fully saturated rings. The summed E-state index contributed by atoms with van der Waals surface area (Å²) in [5, 5.41) is 0. The Kier molecular flexibility index (Phi) is 5.84. The monoisotopic (exact) mass is 367 g/mol. The molecule has 1 aromatic carbocycles. The van der Waals surface area contributed by atoms with Crippen molar-refractivity contribution in [3.8, 4) is 17.1 Å². The van der Waals surface area contributed by atoms with Gasteiger partial charge in [-0.25, -0.2) is 4.98 Å². The lowest BCUT2D eigenvalue weighted by Gasteiger charge is -2.17. The number of Topliss-reactive ketones (excluding diaryl/α,β-unsaturated/α-hetero) is 1. The predicted octanol–water partition coefficient (Wildman–Crippen LogP) is 3.82. The van der Waals surface area contributed by atoms with Crippen LogP contribution in [0.3, 0.4) is 0 Å². The van der Waals surface area contributed by atoms with Crippen molar-refractivity contribution in [1.82, 2.24) is 9.97 Å². The van der Waals surface area contributed by atoms with Gasteiger partial charge in [-0.05, 0) is 25.8 Å². The summed E-state index contributed by atoms with van der Waals surface area (Å²) in [6.45, 7) is 4.29. The fraction of sp³-hybridized carbons (Fsp3) is 0.389. The Hall–Kier alpha value is -2.64. The average molecular weight is 367 g/mol. The van der Waals surface area contributed by atoms with Gasteiger partial charge in [0.25, 0.3) is 0 Å². The van der Waals surface area contributed by atoms with Crippen LogP contribution < -0.4 is 10.5 Å². The molecule has 2 aromatic rings. The smallest absolute Gasteiger partial charge is 0.425 e. The van der Waals surface area contributed by atoms with Gasteiger partial charge in [-0.15, -0.1) is 0 Å². The van der Waals surface area contributed by atoms with Crippen molar-refractivity contribution in [2.24, 2.45) is 5.92 Å². The summed E-state index contributed by atoms with van der Waals surface area (Å²) in [4.78, 5) is 19.1. The second-order valence-electron chi connectivity index (χ2n) is 6.16. The van der Waals surface area contributed by atoms with E-state index in [0.29, 0.717) is 17.7 Å². The number of alkyl halides is 3. The minimum atomic E-state index is -4.51. The number of benzene rings is 1. The molecule has 0 radical (unpaired) electrons. The first-order valence-corrected chi connectivity index (χ1v) is 8.04. The van der Waals surface area contributed by atoms with Crippen molar-refractivity contribution in [3.05, 3.63) is 35.9 Å². The number of carbonyl (C=O) groups is 1. The summed E-state index contributed by atoms with van der Waals surface area (Å²) >= 11 is 0. The van der Waals surface area contributed by atoms with E-state index >= 15 is 0 Å². The van der Waals surface area contributed by atoms with Crippen molar-refractivity contribution in [2.75, 3.05) is 5.73 Å². The van der Waals surface area contributed by atoms with E-state index in [1.807, 2.05) is 19.1 Å². The molecule has 2 N–H and O–H groups in total. The van der Waals surface area contributed by atoms with E-state index < -0.39 is 12.3 Å². The Labute approximate surface area is 149 Å². The SMILES string of the molecule is CC(=O)[C@@H](C)Cc1ccc(-c2cc(O[C@H](C)C(F)(F)F)nc(N)n2)cc1. The third kappa shape index (κ3) is 5.18. The van der Waals surface area contributed by atoms with Crippen LogP contribution >= 0.6 is 0 Å². The van der Waals surface area contributed by atoms with Crippen LogP contribution in [0.2, 0.25) is 0 Å². The Balaban J connectivity index is 2.22. The number of nitrogen functional groups attached to an aromatic ring is 1. The summed E-state index contributed by atoms with van der Waals surface area (Å²) < 4.78 is 42.8. The number of hydrogen-bond acceptors (Lipinski definition) is 5. The number of ketones is 1. The van der Waals surface area contributed by atoms with Crippen LogP contribution in [-0.2, 0) is 11.2 Å². The summed E-state index contributed by atoms with van der Waals surface area (Å²) in [6.07, 6.45) is -5.91. The second kappa shape index (κ2) is 7.72. The molecule has 0 spiro atoms. The summed E-state index contributed by atoms with van der Waals surface area (Å²) in [6, 6.07) is 8.52. The molecule has 140 valence electrons. The minimum absolute atomic E-state index is 0.0839. The first-order valence-electron chi connectivity index (χ1n) is 8.04. The van der Waals surface area contributed by atoms with E-state index in [4.69, 9.17) is 10.5 Å². The van der Waals surface area contributed by atoms with Gasteiger partial charge in [-0.3, -0.25) is 4.79 Å². The lowest BCUT2D eigenvalue weighted by Crippen LogP contribution is -2.31. The number of nitrogens with two attached hydrogens (primary N) is 1. The van der Waals surface area contributed by atoms with E-state index in [1.165, 1.54) is 6.07 Å². The van der Waals surface area contributed by atoms with Gasteiger partial charge in [0.1, 0.15) is 5.78 Å². The second-order valence-corrected chi connectivity index (χ2v) is 6.16. The topological polar surface area (TPSA) is 78.1 Å². The van der Waals surface area contributed by atoms with Crippen molar-refractivity contribution < 1.29 is 22.7 Å². The molecule has 0 saturated carbocycles. The number of aromatic nitrogens is 2. The van der Waals surface area contributed by atoms with Crippen LogP contribution in [0.1, 0.15) is 26.3 Å². The number of rotatable bonds is 6. The van der Waals surface area contributed by atoms with Crippen LogP contribution in [0.4, 0.5) is 19.1 Å². The maximum absolute atomic E-state index is 12.6. The number of carbonyl (C=O) groups excluding carboxylic acids is 1. The van der Waals surface area contributed by atoms with Gasteiger partial charge >= 0.3 is 6.18 Å². The molecule has 8 heteroatoms. The molecule has 0 aliphatic carbocycles. The largest absolute Gasteiger partial charge is 0.465 e. The first-order chi connectivity index (χ1) is 12.1. The summed E-state index contributed by atoms with van der Waals surface area (Å²) in [5.41, 5.74) is 7.57. The average Bonchev–Trinajstić information content (AvgIpc) is 2.54. The van der Waals surface area contributed by atoms with Gasteiger partial charge in [0.15, 0.2) is 6.10 Å². The fourth-order valence-corrected chi connectivity index (χ4v) is 2.21. The highest BCUT2D eigenvalue weighted by atomic mass is 19.4. The molecule has 2 rings (SSSR count).